The molecule has 4 rings (SSSR count). The first-order valence-electron chi connectivity index (χ1n) is 16.7. The van der Waals surface area contributed by atoms with Gasteiger partial charge in [0.2, 0.25) is 0 Å². The molecule has 262 valence electrons. The molecule has 0 amide bonds. The van der Waals surface area contributed by atoms with Gasteiger partial charge in [0.05, 0.1) is 17.8 Å². The lowest BCUT2D eigenvalue weighted by atomic mass is 9.43. The van der Waals surface area contributed by atoms with Crippen molar-refractivity contribution in [3.63, 3.8) is 0 Å². The molecule has 0 saturated heterocycles. The average molecular weight is 675 g/mol. The van der Waals surface area contributed by atoms with Crippen molar-refractivity contribution in [1.82, 2.24) is 0 Å². The van der Waals surface area contributed by atoms with Crippen molar-refractivity contribution in [1.29, 1.82) is 0 Å². The van der Waals surface area contributed by atoms with E-state index >= 15 is 0 Å². The summed E-state index contributed by atoms with van der Waals surface area (Å²) in [6.07, 6.45) is -5.82. The molecule has 0 aromatic heterocycles. The zero-order valence-electron chi connectivity index (χ0n) is 29.7. The Morgan fingerprint density at radius 1 is 0.979 bits per heavy atom. The lowest BCUT2D eigenvalue weighted by molar-refractivity contribution is -0.302. The van der Waals surface area contributed by atoms with Crippen molar-refractivity contribution in [2.75, 3.05) is 0 Å². The monoisotopic (exact) mass is 674 g/mol. The Hall–Kier alpha value is -2.57. The van der Waals surface area contributed by atoms with Crippen molar-refractivity contribution < 1.29 is 48.3 Å². The lowest BCUT2D eigenvalue weighted by Gasteiger charge is -2.67. The number of aliphatic hydroxyl groups excluding tert-OH is 2. The van der Waals surface area contributed by atoms with E-state index in [1.54, 1.807) is 58.0 Å². The summed E-state index contributed by atoms with van der Waals surface area (Å²) in [5.74, 6) is -3.66. The van der Waals surface area contributed by atoms with Gasteiger partial charge in [0.25, 0.3) is 0 Å². The lowest BCUT2D eigenvalue weighted by Crippen LogP contribution is -2.77. The van der Waals surface area contributed by atoms with Crippen LogP contribution in [0.5, 0.6) is 0 Å². The number of carbonyl (C=O) groups is 3. The Balaban J connectivity index is 2.17. The molecule has 2 saturated carbocycles. The number of rotatable bonds is 7. The van der Waals surface area contributed by atoms with Gasteiger partial charge in [-0.1, -0.05) is 52.8 Å². The van der Waals surface area contributed by atoms with E-state index in [0.29, 0.717) is 5.57 Å². The molecule has 3 N–H and O–H groups in total. The molecule has 3 aliphatic rings. The highest BCUT2D eigenvalue weighted by molar-refractivity contribution is 6.69. The third-order valence-electron chi connectivity index (χ3n) is 11.5. The topological polar surface area (TPSA) is 149 Å². The first kappa shape index (κ1) is 37.2. The van der Waals surface area contributed by atoms with Gasteiger partial charge in [-0.25, -0.2) is 4.79 Å². The van der Waals surface area contributed by atoms with Gasteiger partial charge in [-0.2, -0.15) is 0 Å². The summed E-state index contributed by atoms with van der Waals surface area (Å²) in [7, 11) is -2.28. The van der Waals surface area contributed by atoms with Gasteiger partial charge in [0.15, 0.2) is 14.4 Å². The number of hydrogen-bond acceptors (Lipinski definition) is 10. The van der Waals surface area contributed by atoms with Crippen LogP contribution in [0.1, 0.15) is 85.0 Å². The average Bonchev–Trinajstić information content (AvgIpc) is 2.96. The normalized spacial score (nSPS) is 38.4. The van der Waals surface area contributed by atoms with Crippen LogP contribution in [0.15, 0.2) is 41.5 Å². The van der Waals surface area contributed by atoms with Crippen molar-refractivity contribution >= 4 is 26.2 Å². The van der Waals surface area contributed by atoms with Crippen molar-refractivity contribution in [2.45, 2.75) is 136 Å². The summed E-state index contributed by atoms with van der Waals surface area (Å²) in [5.41, 5.74) is -4.80. The van der Waals surface area contributed by atoms with E-state index in [2.05, 4.69) is 0 Å². The predicted molar refractivity (Wildman–Crippen MR) is 178 cm³/mol. The van der Waals surface area contributed by atoms with Gasteiger partial charge >= 0.3 is 17.9 Å². The molecular formula is C36H54O10Si. The molecule has 1 aromatic carbocycles. The largest absolute Gasteiger partial charge is 0.456 e. The maximum atomic E-state index is 14.1. The van der Waals surface area contributed by atoms with Crippen LogP contribution in [0.2, 0.25) is 19.6 Å². The summed E-state index contributed by atoms with van der Waals surface area (Å²) in [5, 5.41) is 38.1. The van der Waals surface area contributed by atoms with Crippen LogP contribution in [0.25, 0.3) is 0 Å². The quantitative estimate of drug-likeness (QED) is 0.157. The van der Waals surface area contributed by atoms with E-state index in [0.717, 1.165) is 5.57 Å². The Bertz CT molecular complexity index is 1400. The molecular weight excluding hydrogens is 620 g/mol. The van der Waals surface area contributed by atoms with Crippen molar-refractivity contribution in [3.05, 3.63) is 47.0 Å². The van der Waals surface area contributed by atoms with E-state index in [1.807, 2.05) is 33.5 Å². The summed E-state index contributed by atoms with van der Waals surface area (Å²) in [4.78, 5) is 39.8. The molecule has 10 atom stereocenters. The van der Waals surface area contributed by atoms with Crippen LogP contribution in [-0.2, 0) is 28.2 Å². The minimum absolute atomic E-state index is 0.00779. The Morgan fingerprint density at radius 3 is 2.09 bits per heavy atom. The molecule has 3 aliphatic carbocycles. The van der Waals surface area contributed by atoms with Gasteiger partial charge < -0.3 is 34.0 Å². The molecule has 1 unspecified atom stereocenters. The van der Waals surface area contributed by atoms with Gasteiger partial charge in [-0.05, 0) is 68.6 Å². The second-order valence-electron chi connectivity index (χ2n) is 15.6. The number of carbonyl (C=O) groups excluding carboxylic acids is 3. The molecule has 10 nitrogen and oxygen atoms in total. The molecule has 0 heterocycles. The second kappa shape index (κ2) is 12.7. The maximum absolute atomic E-state index is 14.1. The van der Waals surface area contributed by atoms with Gasteiger partial charge in [-0.15, -0.1) is 0 Å². The Morgan fingerprint density at radius 2 is 1.57 bits per heavy atom. The van der Waals surface area contributed by atoms with E-state index in [4.69, 9.17) is 18.6 Å². The molecule has 2 fully saturated rings. The standard InChI is InChI=1S/C36H54O10Si/c1-12-35(45-23(5)38)26(39)18-20(2)34(8)29(35)31(44-32(41)24-16-14-13-15-17-24)36(42)19-25(46-47(9,10)11)21(3)27(33(36,6)7)28(30(34)40)43-22(4)37/h13-17,20,25-26,28-31,39-40,42H,12,18-19H2,1-11H3/t20-,25-,26+,28+,29?,30+,31-,34+,35-,36+/m0/s1. The smallest absolute Gasteiger partial charge is 0.338 e. The SMILES string of the molecule is CC[C@@]1(OC(C)=O)C2[C@H](OC(=O)c3ccccc3)[C@]3(O)C[C@H](O[Si](C)(C)C)C(C)=C([C@@H](OC(C)=O)[C@@H](O)[C@]2(C)[C@@H](C)C[C@H]1O)C3(C)C. The number of aliphatic hydroxyl groups is 3. The zero-order chi connectivity index (χ0) is 35.5. The van der Waals surface area contributed by atoms with Crippen LogP contribution in [-0.4, -0.2) is 83.3 Å². The number of ether oxygens (including phenoxy) is 3. The minimum Gasteiger partial charge on any atom is -0.456 e. The second-order valence-corrected chi connectivity index (χ2v) is 20.1. The predicted octanol–water partition coefficient (Wildman–Crippen LogP) is 4.95. The summed E-state index contributed by atoms with van der Waals surface area (Å²) in [6, 6.07) is 8.39. The summed E-state index contributed by atoms with van der Waals surface area (Å²) >= 11 is 0. The van der Waals surface area contributed by atoms with Crippen molar-refractivity contribution in [2.24, 2.45) is 22.7 Å². The molecule has 11 heteroatoms. The van der Waals surface area contributed by atoms with Crippen LogP contribution >= 0.6 is 0 Å². The van der Waals surface area contributed by atoms with Gasteiger partial charge in [-0.3, -0.25) is 9.59 Å². The number of hydrogen-bond donors (Lipinski definition) is 3. The molecule has 47 heavy (non-hydrogen) atoms. The number of fused-ring (bicyclic) bond motifs is 3. The fourth-order valence-electron chi connectivity index (χ4n) is 9.00. The summed E-state index contributed by atoms with van der Waals surface area (Å²) < 4.78 is 25.4. The van der Waals surface area contributed by atoms with Crippen LogP contribution in [0, 0.1) is 22.7 Å². The van der Waals surface area contributed by atoms with E-state index in [9.17, 15) is 29.7 Å². The Kier molecular flexibility index (Phi) is 10.1. The number of esters is 3. The van der Waals surface area contributed by atoms with Crippen molar-refractivity contribution in [3.8, 4) is 0 Å². The molecule has 1 aromatic rings. The third-order valence-corrected chi connectivity index (χ3v) is 12.5. The highest BCUT2D eigenvalue weighted by Gasteiger charge is 2.74. The van der Waals surface area contributed by atoms with Gasteiger partial charge in [0, 0.05) is 37.0 Å². The first-order chi connectivity index (χ1) is 21.6. The highest BCUT2D eigenvalue weighted by atomic mass is 28.4. The maximum Gasteiger partial charge on any atom is 0.338 e. The van der Waals surface area contributed by atoms with E-state index < -0.39 is 90.6 Å². The number of benzene rings is 1. The fourth-order valence-corrected chi connectivity index (χ4v) is 10.1. The minimum atomic E-state index is -2.28. The zero-order valence-corrected chi connectivity index (χ0v) is 30.7. The van der Waals surface area contributed by atoms with Gasteiger partial charge in [0.1, 0.15) is 23.4 Å². The van der Waals surface area contributed by atoms with Crippen LogP contribution in [0.3, 0.4) is 0 Å². The molecule has 0 aliphatic heterocycles. The fraction of sp³-hybridized carbons (Fsp3) is 0.694. The van der Waals surface area contributed by atoms with E-state index in [1.165, 1.54) is 13.8 Å². The van der Waals surface area contributed by atoms with E-state index in [-0.39, 0.29) is 24.8 Å². The molecule has 2 bridgehead atoms. The molecule has 0 radical (unpaired) electrons. The summed E-state index contributed by atoms with van der Waals surface area (Å²) in [6.45, 7) is 19.4. The highest BCUT2D eigenvalue weighted by Crippen LogP contribution is 2.65. The Labute approximate surface area is 279 Å². The van der Waals surface area contributed by atoms with Crippen LogP contribution in [0.4, 0.5) is 0 Å². The third kappa shape index (κ3) is 6.11. The molecule has 0 spiro atoms. The van der Waals surface area contributed by atoms with Crippen LogP contribution < -0.4 is 0 Å². The first-order valence-corrected chi connectivity index (χ1v) is 20.1.